The second-order valence-corrected chi connectivity index (χ2v) is 10.6. The van der Waals surface area contributed by atoms with Gasteiger partial charge in [0.05, 0.1) is 6.20 Å². The second-order valence-electron chi connectivity index (χ2n) is 7.51. The highest BCUT2D eigenvalue weighted by atomic mass is 32.2. The van der Waals surface area contributed by atoms with Crippen molar-refractivity contribution >= 4 is 33.0 Å². The Labute approximate surface area is 162 Å². The molecular formula is C18H22N4O3S2. The van der Waals surface area contributed by atoms with Gasteiger partial charge in [-0.05, 0) is 68.2 Å². The fraction of sp³-hybridized carbons (Fsp3) is 0.444. The lowest BCUT2D eigenvalue weighted by molar-refractivity contribution is 0.0783. The molecule has 2 aromatic rings. The number of anilines is 1. The molecule has 2 amide bonds. The van der Waals surface area contributed by atoms with Gasteiger partial charge in [0.15, 0.2) is 9.92 Å². The summed E-state index contributed by atoms with van der Waals surface area (Å²) < 4.78 is 16.7. The summed E-state index contributed by atoms with van der Waals surface area (Å²) in [6.45, 7) is 3.15. The van der Waals surface area contributed by atoms with E-state index >= 15 is 0 Å². The topological polar surface area (TPSA) is 118 Å². The molecule has 0 fully saturated rings. The van der Waals surface area contributed by atoms with Crippen LogP contribution in [0.1, 0.15) is 47.5 Å². The number of rotatable bonds is 3. The molecule has 1 atom stereocenters. The largest absolute Gasteiger partial charge is 0.383 e. The summed E-state index contributed by atoms with van der Waals surface area (Å²) in [7, 11) is -3.43. The van der Waals surface area contributed by atoms with Gasteiger partial charge in [-0.15, -0.1) is 15.7 Å². The minimum Gasteiger partial charge on any atom is -0.383 e. The zero-order valence-electron chi connectivity index (χ0n) is 15.2. The maximum absolute atomic E-state index is 12.8. The van der Waals surface area contributed by atoms with Gasteiger partial charge in [0, 0.05) is 5.69 Å². The lowest BCUT2D eigenvalue weighted by atomic mass is 9.83. The van der Waals surface area contributed by atoms with Gasteiger partial charge in [0.25, 0.3) is 0 Å². The Morgan fingerprint density at radius 2 is 2.00 bits per heavy atom. The molecule has 0 spiro atoms. The average Bonchev–Trinajstić information content (AvgIpc) is 3.18. The number of thiazole rings is 1. The van der Waals surface area contributed by atoms with Crippen molar-refractivity contribution in [3.8, 4) is 0 Å². The molecule has 4 N–H and O–H groups in total. The van der Waals surface area contributed by atoms with E-state index in [2.05, 4.69) is 20.7 Å². The average molecular weight is 407 g/mol. The Kier molecular flexibility index (Phi) is 4.38. The first kappa shape index (κ1) is 18.5. The molecule has 27 heavy (non-hydrogen) atoms. The van der Waals surface area contributed by atoms with Gasteiger partial charge in [0.2, 0.25) is 0 Å². The van der Waals surface area contributed by atoms with Crippen molar-refractivity contribution in [2.45, 2.75) is 55.8 Å². The number of nitrogens with two attached hydrogens (primary N) is 1. The Morgan fingerprint density at radius 3 is 2.63 bits per heavy atom. The van der Waals surface area contributed by atoms with Gasteiger partial charge < -0.3 is 10.4 Å². The molecular weight excluding hydrogens is 384 g/mol. The molecule has 1 aromatic heterocycles. The monoisotopic (exact) mass is 406 g/mol. The SMILES string of the molecule is CC(C)(O)c1ncc([S@@](N)(=O)=NC(=O)Nc2c3c(cc4c2CC4)CCC3)s1. The summed E-state index contributed by atoms with van der Waals surface area (Å²) >= 11 is 0.997. The third-order valence-corrected chi connectivity index (χ3v) is 8.18. The van der Waals surface area contributed by atoms with E-state index in [1.165, 1.54) is 22.9 Å². The second kappa shape index (κ2) is 6.37. The number of carbonyl (C=O) groups is 1. The molecule has 0 saturated heterocycles. The zero-order chi connectivity index (χ0) is 19.4. The summed E-state index contributed by atoms with van der Waals surface area (Å²) in [5, 5.41) is 19.0. The van der Waals surface area contributed by atoms with Gasteiger partial charge >= 0.3 is 6.03 Å². The number of aryl methyl sites for hydroxylation is 2. The van der Waals surface area contributed by atoms with Gasteiger partial charge in [0.1, 0.15) is 14.8 Å². The molecule has 1 heterocycles. The van der Waals surface area contributed by atoms with Crippen LogP contribution in [0.2, 0.25) is 0 Å². The van der Waals surface area contributed by atoms with Crippen molar-refractivity contribution in [3.05, 3.63) is 39.5 Å². The highest BCUT2D eigenvalue weighted by molar-refractivity contribution is 7.93. The minimum atomic E-state index is -3.43. The number of benzene rings is 1. The molecule has 0 unspecified atom stereocenters. The van der Waals surface area contributed by atoms with Crippen LogP contribution >= 0.6 is 11.3 Å². The summed E-state index contributed by atoms with van der Waals surface area (Å²) in [6, 6.07) is 1.53. The van der Waals surface area contributed by atoms with Crippen LogP contribution in [0, 0.1) is 0 Å². The Balaban J connectivity index is 1.63. The van der Waals surface area contributed by atoms with Crippen molar-refractivity contribution in [1.29, 1.82) is 0 Å². The van der Waals surface area contributed by atoms with E-state index < -0.39 is 21.5 Å². The third-order valence-electron chi connectivity index (χ3n) is 4.99. The fourth-order valence-electron chi connectivity index (χ4n) is 3.57. The van der Waals surface area contributed by atoms with Crippen molar-refractivity contribution in [2.75, 3.05) is 5.32 Å². The standard InChI is InChI=1S/C18H22N4O3S2/c1-18(2,24)16-20-9-14(26-16)27(19,25)22-17(23)21-15-12-5-3-4-10(12)8-11-6-7-13(11)15/h8-9,24H,3-7H2,1-2H3,(H3,19,21,22,23,25)/t27-/m0/s1. The van der Waals surface area contributed by atoms with Crippen molar-refractivity contribution in [2.24, 2.45) is 9.50 Å². The zero-order valence-corrected chi connectivity index (χ0v) is 16.9. The van der Waals surface area contributed by atoms with Gasteiger partial charge in [-0.3, -0.25) is 0 Å². The minimum absolute atomic E-state index is 0.168. The van der Waals surface area contributed by atoms with Gasteiger partial charge in [-0.25, -0.2) is 19.1 Å². The number of aliphatic hydroxyl groups is 1. The number of fused-ring (bicyclic) bond motifs is 2. The molecule has 0 saturated carbocycles. The lowest BCUT2D eigenvalue weighted by Crippen LogP contribution is -2.20. The summed E-state index contributed by atoms with van der Waals surface area (Å²) in [5.74, 6) is 0. The van der Waals surface area contributed by atoms with Crippen molar-refractivity contribution in [1.82, 2.24) is 4.98 Å². The molecule has 7 nitrogen and oxygen atoms in total. The normalized spacial score (nSPS) is 17.5. The number of hydrogen-bond acceptors (Lipinski definition) is 5. The first-order chi connectivity index (χ1) is 12.6. The van der Waals surface area contributed by atoms with Crippen LogP contribution in [0.4, 0.5) is 10.5 Å². The molecule has 0 aliphatic heterocycles. The van der Waals surface area contributed by atoms with Crippen LogP contribution in [-0.4, -0.2) is 20.3 Å². The summed E-state index contributed by atoms with van der Waals surface area (Å²) in [4.78, 5) is 16.5. The van der Waals surface area contributed by atoms with Crippen molar-refractivity contribution < 1.29 is 14.1 Å². The highest BCUT2D eigenvalue weighted by Gasteiger charge is 2.27. The maximum atomic E-state index is 12.8. The van der Waals surface area contributed by atoms with E-state index in [4.69, 9.17) is 5.14 Å². The van der Waals surface area contributed by atoms with E-state index in [1.807, 2.05) is 0 Å². The highest BCUT2D eigenvalue weighted by Crippen LogP contribution is 2.39. The van der Waals surface area contributed by atoms with Crippen LogP contribution in [0.3, 0.4) is 0 Å². The predicted octanol–water partition coefficient (Wildman–Crippen LogP) is 2.89. The molecule has 9 heteroatoms. The number of nitrogens with zero attached hydrogens (tertiary/aromatic N) is 2. The van der Waals surface area contributed by atoms with Crippen LogP contribution in [-0.2, 0) is 41.2 Å². The number of nitrogens with one attached hydrogen (secondary N) is 1. The molecule has 2 aliphatic rings. The Bertz CT molecular complexity index is 1060. The molecule has 144 valence electrons. The summed E-state index contributed by atoms with van der Waals surface area (Å²) in [6.07, 6.45) is 6.30. The van der Waals surface area contributed by atoms with E-state index in [0.717, 1.165) is 54.7 Å². The van der Waals surface area contributed by atoms with Gasteiger partial charge in [-0.2, -0.15) is 0 Å². The molecule has 1 aromatic carbocycles. The number of aromatic nitrogens is 1. The first-order valence-electron chi connectivity index (χ1n) is 8.86. The van der Waals surface area contributed by atoms with Crippen LogP contribution in [0.5, 0.6) is 0 Å². The van der Waals surface area contributed by atoms with Gasteiger partial charge in [-0.1, -0.05) is 6.07 Å². The number of hydrogen-bond donors (Lipinski definition) is 3. The summed E-state index contributed by atoms with van der Waals surface area (Å²) in [5.41, 5.74) is 4.54. The lowest BCUT2D eigenvalue weighted by Gasteiger charge is -2.25. The Hall–Kier alpha value is -1.81. The molecule has 2 aliphatic carbocycles. The van der Waals surface area contributed by atoms with E-state index in [1.54, 1.807) is 13.8 Å². The van der Waals surface area contributed by atoms with Crippen molar-refractivity contribution in [3.63, 3.8) is 0 Å². The van der Waals surface area contributed by atoms with E-state index in [-0.39, 0.29) is 4.21 Å². The smallest absolute Gasteiger partial charge is 0.354 e. The van der Waals surface area contributed by atoms with Crippen LogP contribution in [0.25, 0.3) is 0 Å². The van der Waals surface area contributed by atoms with Crippen LogP contribution in [0.15, 0.2) is 20.8 Å². The third kappa shape index (κ3) is 3.40. The van der Waals surface area contributed by atoms with Crippen LogP contribution < -0.4 is 10.5 Å². The number of carbonyl (C=O) groups excluding carboxylic acids is 1. The first-order valence-corrected chi connectivity index (χ1v) is 11.3. The molecule has 0 radical (unpaired) electrons. The predicted molar refractivity (Wildman–Crippen MR) is 105 cm³/mol. The quantitative estimate of drug-likeness (QED) is 0.726. The maximum Gasteiger partial charge on any atom is 0.354 e. The molecule has 4 rings (SSSR count). The van der Waals surface area contributed by atoms with E-state index in [9.17, 15) is 14.1 Å². The Morgan fingerprint density at radius 1 is 1.30 bits per heavy atom. The fourth-order valence-corrected chi connectivity index (χ4v) is 5.63. The number of urea groups is 1. The molecule has 0 bridgehead atoms. The van der Waals surface area contributed by atoms with E-state index in [0.29, 0.717) is 5.01 Å². The number of amides is 2.